The molecule has 0 bridgehead atoms. The summed E-state index contributed by atoms with van der Waals surface area (Å²) in [5, 5.41) is 0. The van der Waals surface area contributed by atoms with Gasteiger partial charge in [0.25, 0.3) is 0 Å². The lowest BCUT2D eigenvalue weighted by molar-refractivity contribution is -0.138. The van der Waals surface area contributed by atoms with Crippen molar-refractivity contribution in [2.24, 2.45) is 5.92 Å². The maximum Gasteiger partial charge on any atom is 0.223 e. The van der Waals surface area contributed by atoms with Gasteiger partial charge in [0.2, 0.25) is 11.8 Å². The van der Waals surface area contributed by atoms with Crippen LogP contribution in [0.3, 0.4) is 0 Å². The zero-order valence-electron chi connectivity index (χ0n) is 18.5. The second-order valence-corrected chi connectivity index (χ2v) is 9.47. The van der Waals surface area contributed by atoms with Gasteiger partial charge in [0.1, 0.15) is 0 Å². The lowest BCUT2D eigenvalue weighted by atomic mass is 9.78. The number of amides is 2. The lowest BCUT2D eigenvalue weighted by Gasteiger charge is -2.44. The maximum atomic E-state index is 13.1. The van der Waals surface area contributed by atoms with E-state index < -0.39 is 0 Å². The summed E-state index contributed by atoms with van der Waals surface area (Å²) < 4.78 is 0. The average Bonchev–Trinajstić information content (AvgIpc) is 2.79. The molecule has 2 heterocycles. The third kappa shape index (κ3) is 4.88. The number of rotatable bonds is 5. The predicted octanol–water partition coefficient (Wildman–Crippen LogP) is 3.85. The van der Waals surface area contributed by atoms with E-state index >= 15 is 0 Å². The fourth-order valence-electron chi connectivity index (χ4n) is 5.79. The van der Waals surface area contributed by atoms with Crippen LogP contribution in [0.25, 0.3) is 0 Å². The number of hydrogen-bond acceptors (Lipinski definition) is 3. The van der Waals surface area contributed by atoms with Gasteiger partial charge < -0.3 is 14.7 Å². The normalized spacial score (nSPS) is 27.6. The van der Waals surface area contributed by atoms with Gasteiger partial charge in [-0.3, -0.25) is 9.59 Å². The fraction of sp³-hybridized carbons (Fsp3) is 0.680. The number of carbonyl (C=O) groups excluding carboxylic acids is 2. The van der Waals surface area contributed by atoms with Crippen molar-refractivity contribution in [3.63, 3.8) is 0 Å². The molecule has 2 saturated heterocycles. The topological polar surface area (TPSA) is 43.9 Å². The molecule has 5 heteroatoms. The summed E-state index contributed by atoms with van der Waals surface area (Å²) in [7, 11) is 2.12. The van der Waals surface area contributed by atoms with Crippen LogP contribution in [-0.2, 0) is 9.59 Å². The van der Waals surface area contributed by atoms with E-state index in [9.17, 15) is 9.59 Å². The summed E-state index contributed by atoms with van der Waals surface area (Å²) in [6.45, 7) is 3.46. The molecule has 30 heavy (non-hydrogen) atoms. The van der Waals surface area contributed by atoms with E-state index in [0.29, 0.717) is 25.3 Å². The molecule has 0 aromatic heterocycles. The second-order valence-electron chi connectivity index (χ2n) is 9.47. The number of likely N-dealkylation sites (N-methyl/N-ethyl adjacent to an activating group) is 1. The molecule has 5 nitrogen and oxygen atoms in total. The minimum atomic E-state index is 0.109. The van der Waals surface area contributed by atoms with E-state index in [-0.39, 0.29) is 17.9 Å². The first-order chi connectivity index (χ1) is 14.6. The Kier molecular flexibility index (Phi) is 7.08. The van der Waals surface area contributed by atoms with Gasteiger partial charge in [0.15, 0.2) is 0 Å². The number of piperidine rings is 1. The van der Waals surface area contributed by atoms with E-state index in [0.717, 1.165) is 38.5 Å². The minimum absolute atomic E-state index is 0.109. The molecule has 2 aliphatic heterocycles. The predicted molar refractivity (Wildman–Crippen MR) is 119 cm³/mol. The number of likely N-dealkylation sites (tertiary alicyclic amines) is 1. The van der Waals surface area contributed by atoms with Gasteiger partial charge in [-0.25, -0.2) is 0 Å². The Bertz CT molecular complexity index is 720. The monoisotopic (exact) mass is 411 g/mol. The third-order valence-electron chi connectivity index (χ3n) is 7.43. The van der Waals surface area contributed by atoms with Crippen molar-refractivity contribution in [3.05, 3.63) is 35.9 Å². The molecule has 164 valence electrons. The molecule has 1 aliphatic carbocycles. The smallest absolute Gasteiger partial charge is 0.223 e. The van der Waals surface area contributed by atoms with Crippen molar-refractivity contribution < 1.29 is 9.59 Å². The Morgan fingerprint density at radius 3 is 2.37 bits per heavy atom. The van der Waals surface area contributed by atoms with Crippen LogP contribution in [0, 0.1) is 5.92 Å². The Balaban J connectivity index is 1.31. The van der Waals surface area contributed by atoms with Gasteiger partial charge in [0.05, 0.1) is 6.04 Å². The van der Waals surface area contributed by atoms with Gasteiger partial charge in [-0.1, -0.05) is 43.2 Å². The summed E-state index contributed by atoms with van der Waals surface area (Å²) in [4.78, 5) is 32.5. The second kappa shape index (κ2) is 9.95. The van der Waals surface area contributed by atoms with Crippen LogP contribution in [0.2, 0.25) is 0 Å². The molecular formula is C25H37N3O2. The summed E-state index contributed by atoms with van der Waals surface area (Å²) in [5.41, 5.74) is 1.20. The van der Waals surface area contributed by atoms with E-state index in [4.69, 9.17) is 0 Å². The highest BCUT2D eigenvalue weighted by Crippen LogP contribution is 2.35. The quantitative estimate of drug-likeness (QED) is 0.739. The summed E-state index contributed by atoms with van der Waals surface area (Å²) in [5.74, 6) is 1.19. The first-order valence-electron chi connectivity index (χ1n) is 12.0. The van der Waals surface area contributed by atoms with E-state index in [1.165, 1.54) is 37.7 Å². The molecule has 1 aromatic rings. The lowest BCUT2D eigenvalue weighted by Crippen LogP contribution is -2.50. The number of piperazine rings is 1. The van der Waals surface area contributed by atoms with Gasteiger partial charge in [0, 0.05) is 45.1 Å². The van der Waals surface area contributed by atoms with Crippen molar-refractivity contribution in [1.82, 2.24) is 14.7 Å². The number of benzene rings is 1. The van der Waals surface area contributed by atoms with Crippen molar-refractivity contribution in [2.45, 2.75) is 69.9 Å². The van der Waals surface area contributed by atoms with E-state index in [1.807, 2.05) is 23.1 Å². The Morgan fingerprint density at radius 2 is 1.57 bits per heavy atom. The van der Waals surface area contributed by atoms with Crippen LogP contribution in [0.1, 0.15) is 69.4 Å². The van der Waals surface area contributed by atoms with Crippen molar-refractivity contribution >= 4 is 11.8 Å². The zero-order valence-corrected chi connectivity index (χ0v) is 18.5. The van der Waals surface area contributed by atoms with Gasteiger partial charge in [-0.05, 0) is 50.6 Å². The molecule has 0 radical (unpaired) electrons. The van der Waals surface area contributed by atoms with Gasteiger partial charge in [-0.15, -0.1) is 0 Å². The van der Waals surface area contributed by atoms with E-state index in [2.05, 4.69) is 29.0 Å². The number of hydrogen-bond donors (Lipinski definition) is 0. The Labute approximate surface area is 181 Å². The first-order valence-corrected chi connectivity index (χ1v) is 12.0. The fourth-order valence-corrected chi connectivity index (χ4v) is 5.79. The highest BCUT2D eigenvalue weighted by atomic mass is 16.2. The Morgan fingerprint density at radius 1 is 0.867 bits per heavy atom. The molecule has 2 amide bonds. The summed E-state index contributed by atoms with van der Waals surface area (Å²) in [6.07, 6.45) is 9.13. The molecule has 3 fully saturated rings. The van der Waals surface area contributed by atoms with Gasteiger partial charge >= 0.3 is 0 Å². The van der Waals surface area contributed by atoms with Crippen LogP contribution in [0.4, 0.5) is 0 Å². The van der Waals surface area contributed by atoms with Crippen LogP contribution >= 0.6 is 0 Å². The highest BCUT2D eigenvalue weighted by Gasteiger charge is 2.35. The first kappa shape index (κ1) is 21.4. The molecule has 3 aliphatic rings. The molecule has 3 unspecified atom stereocenters. The summed E-state index contributed by atoms with van der Waals surface area (Å²) >= 11 is 0. The SMILES string of the molecule is CN1CCN(C(=O)CCCC(=O)N2CCCC3CCCCC32)C(c2ccccc2)C1. The average molecular weight is 412 g/mol. The van der Waals surface area contributed by atoms with Crippen molar-refractivity contribution in [1.29, 1.82) is 0 Å². The highest BCUT2D eigenvalue weighted by molar-refractivity contribution is 5.79. The van der Waals surface area contributed by atoms with Crippen molar-refractivity contribution in [3.8, 4) is 0 Å². The molecule has 0 N–H and O–H groups in total. The standard InChI is InChI=1S/C25H37N3O2/c1-26-17-18-28(23(19-26)21-9-3-2-4-10-21)25(30)15-7-14-24(29)27-16-8-12-20-11-5-6-13-22(20)27/h2-4,9-10,20,22-23H,5-8,11-19H2,1H3. The van der Waals surface area contributed by atoms with E-state index in [1.54, 1.807) is 0 Å². The number of carbonyl (C=O) groups is 2. The minimum Gasteiger partial charge on any atom is -0.339 e. The molecule has 1 aromatic carbocycles. The molecule has 0 spiro atoms. The maximum absolute atomic E-state index is 13.1. The van der Waals surface area contributed by atoms with Crippen LogP contribution in [0.5, 0.6) is 0 Å². The summed E-state index contributed by atoms with van der Waals surface area (Å²) in [6, 6.07) is 10.9. The van der Waals surface area contributed by atoms with Crippen molar-refractivity contribution in [2.75, 3.05) is 33.2 Å². The largest absolute Gasteiger partial charge is 0.339 e. The molecule has 1 saturated carbocycles. The molecule has 3 atom stereocenters. The Hall–Kier alpha value is -1.88. The van der Waals surface area contributed by atoms with Crippen LogP contribution in [0.15, 0.2) is 30.3 Å². The van der Waals surface area contributed by atoms with Crippen LogP contribution in [-0.4, -0.2) is 65.8 Å². The van der Waals surface area contributed by atoms with Crippen LogP contribution < -0.4 is 0 Å². The number of nitrogens with zero attached hydrogens (tertiary/aromatic N) is 3. The zero-order chi connectivity index (χ0) is 20.9. The molecule has 4 rings (SSSR count). The molecular weight excluding hydrogens is 374 g/mol. The third-order valence-corrected chi connectivity index (χ3v) is 7.43. The van der Waals surface area contributed by atoms with Gasteiger partial charge in [-0.2, -0.15) is 0 Å². The number of fused-ring (bicyclic) bond motifs is 1.